The van der Waals surface area contributed by atoms with Gasteiger partial charge in [-0.1, -0.05) is 49.9 Å². The highest BCUT2D eigenvalue weighted by Gasteiger charge is 2.46. The van der Waals surface area contributed by atoms with Crippen LogP contribution in [0.25, 0.3) is 0 Å². The molecule has 2 saturated heterocycles. The smallest absolute Gasteiger partial charge is 0.410 e. The van der Waals surface area contributed by atoms with Crippen molar-refractivity contribution in [2.24, 2.45) is 17.3 Å². The van der Waals surface area contributed by atoms with Crippen molar-refractivity contribution in [2.75, 3.05) is 26.2 Å². The van der Waals surface area contributed by atoms with E-state index in [0.717, 1.165) is 49.5 Å². The first kappa shape index (κ1) is 23.4. The average molecular weight is 461 g/mol. The van der Waals surface area contributed by atoms with Crippen LogP contribution in [0.3, 0.4) is 0 Å². The second-order valence-electron chi connectivity index (χ2n) is 10.3. The molecular weight excluding hydrogens is 424 g/mol. The summed E-state index contributed by atoms with van der Waals surface area (Å²) < 4.78 is 5.32. The molecule has 5 nitrogen and oxygen atoms in total. The van der Waals surface area contributed by atoms with E-state index in [-0.39, 0.29) is 29.4 Å². The molecule has 2 heterocycles. The van der Waals surface area contributed by atoms with E-state index < -0.39 is 0 Å². The van der Waals surface area contributed by atoms with E-state index >= 15 is 0 Å². The van der Waals surface area contributed by atoms with Gasteiger partial charge in [-0.2, -0.15) is 0 Å². The van der Waals surface area contributed by atoms with Crippen LogP contribution < -0.4 is 0 Å². The molecule has 2 amide bonds. The van der Waals surface area contributed by atoms with Crippen LogP contribution in [-0.2, 0) is 16.0 Å². The van der Waals surface area contributed by atoms with Gasteiger partial charge in [0.2, 0.25) is 5.91 Å². The third kappa shape index (κ3) is 5.08. The van der Waals surface area contributed by atoms with Crippen molar-refractivity contribution in [3.05, 3.63) is 34.9 Å². The number of amides is 2. The van der Waals surface area contributed by atoms with Crippen molar-refractivity contribution in [2.45, 2.75) is 71.3 Å². The van der Waals surface area contributed by atoms with Gasteiger partial charge in [-0.15, -0.1) is 0 Å². The highest BCUT2D eigenvalue weighted by molar-refractivity contribution is 6.30. The predicted octanol–water partition coefficient (Wildman–Crippen LogP) is 5.55. The summed E-state index contributed by atoms with van der Waals surface area (Å²) in [5.41, 5.74) is 1.25. The molecule has 176 valence electrons. The number of likely N-dealkylation sites (tertiary alicyclic amines) is 1. The summed E-state index contributed by atoms with van der Waals surface area (Å²) in [6.07, 6.45) is 8.92. The van der Waals surface area contributed by atoms with Gasteiger partial charge < -0.3 is 14.5 Å². The van der Waals surface area contributed by atoms with Gasteiger partial charge in [-0.3, -0.25) is 4.79 Å². The van der Waals surface area contributed by atoms with Crippen LogP contribution in [0.4, 0.5) is 4.79 Å². The van der Waals surface area contributed by atoms with E-state index in [1.165, 1.54) is 32.1 Å². The molecule has 32 heavy (non-hydrogen) atoms. The van der Waals surface area contributed by atoms with Crippen molar-refractivity contribution in [3.63, 3.8) is 0 Å². The molecule has 0 radical (unpaired) electrons. The van der Waals surface area contributed by atoms with Gasteiger partial charge in [0.15, 0.2) is 0 Å². The minimum atomic E-state index is -0.164. The SMILES string of the molecule is C[C@H](Cc1ccc(Cl)cc1)C(=O)N1CCC(CN2C(=O)OC[C@@H]2C)(C2CCCCC2)CC1. The molecule has 0 spiro atoms. The van der Waals surface area contributed by atoms with Crippen LogP contribution in [0.1, 0.15) is 64.4 Å². The minimum Gasteiger partial charge on any atom is -0.447 e. The van der Waals surface area contributed by atoms with Crippen LogP contribution >= 0.6 is 11.6 Å². The maximum atomic E-state index is 13.2. The summed E-state index contributed by atoms with van der Waals surface area (Å²) in [6.45, 7) is 6.96. The zero-order valence-corrected chi connectivity index (χ0v) is 20.3. The molecule has 4 rings (SSSR count). The summed E-state index contributed by atoms with van der Waals surface area (Å²) in [4.78, 5) is 29.6. The second-order valence-corrected chi connectivity index (χ2v) is 10.7. The number of ether oxygens (including phenoxy) is 1. The monoisotopic (exact) mass is 460 g/mol. The van der Waals surface area contributed by atoms with E-state index in [9.17, 15) is 9.59 Å². The van der Waals surface area contributed by atoms with Crippen LogP contribution in [0.15, 0.2) is 24.3 Å². The summed E-state index contributed by atoms with van der Waals surface area (Å²) in [5, 5.41) is 0.721. The number of hydrogen-bond acceptors (Lipinski definition) is 3. The topological polar surface area (TPSA) is 49.9 Å². The molecule has 1 saturated carbocycles. The first-order chi connectivity index (χ1) is 15.4. The Balaban J connectivity index is 1.41. The molecule has 1 aromatic rings. The Morgan fingerprint density at radius 1 is 1.16 bits per heavy atom. The molecule has 0 bridgehead atoms. The van der Waals surface area contributed by atoms with E-state index in [4.69, 9.17) is 16.3 Å². The summed E-state index contributed by atoms with van der Waals surface area (Å²) in [6, 6.07) is 7.93. The fourth-order valence-electron chi connectivity index (χ4n) is 6.06. The van der Waals surface area contributed by atoms with Crippen molar-refractivity contribution in [1.29, 1.82) is 0 Å². The van der Waals surface area contributed by atoms with Crippen molar-refractivity contribution in [1.82, 2.24) is 9.80 Å². The third-order valence-electron chi connectivity index (χ3n) is 8.12. The standard InChI is InChI=1S/C26H37ClN2O3/c1-19(16-21-8-10-23(27)11-9-21)24(30)28-14-12-26(13-15-28,22-6-4-3-5-7-22)18-29-20(2)17-32-25(29)31/h8-11,19-20,22H,3-7,12-18H2,1-2H3/t19-,20+/m1/s1. The maximum Gasteiger partial charge on any atom is 0.410 e. The van der Waals surface area contributed by atoms with E-state index in [2.05, 4.69) is 11.8 Å². The number of nitrogens with zero attached hydrogens (tertiary/aromatic N) is 2. The lowest BCUT2D eigenvalue weighted by atomic mass is 9.63. The lowest BCUT2D eigenvalue weighted by Crippen LogP contribution is -2.53. The Bertz CT molecular complexity index is 798. The fourth-order valence-corrected chi connectivity index (χ4v) is 6.19. The maximum absolute atomic E-state index is 13.2. The van der Waals surface area contributed by atoms with Gasteiger partial charge >= 0.3 is 6.09 Å². The molecule has 0 aromatic heterocycles. The number of carbonyl (C=O) groups excluding carboxylic acids is 2. The average Bonchev–Trinajstić information content (AvgIpc) is 3.13. The summed E-state index contributed by atoms with van der Waals surface area (Å²) in [7, 11) is 0. The van der Waals surface area contributed by atoms with E-state index in [1.807, 2.05) is 36.1 Å². The van der Waals surface area contributed by atoms with Crippen LogP contribution in [-0.4, -0.2) is 54.1 Å². The third-order valence-corrected chi connectivity index (χ3v) is 8.37. The molecule has 2 aliphatic heterocycles. The Morgan fingerprint density at radius 3 is 2.41 bits per heavy atom. The van der Waals surface area contributed by atoms with Gasteiger partial charge in [-0.25, -0.2) is 4.79 Å². The first-order valence-electron chi connectivity index (χ1n) is 12.3. The number of piperidine rings is 1. The van der Waals surface area contributed by atoms with Gasteiger partial charge in [0.1, 0.15) is 6.61 Å². The van der Waals surface area contributed by atoms with Crippen molar-refractivity contribution < 1.29 is 14.3 Å². The normalized spacial score (nSPS) is 25.0. The summed E-state index contributed by atoms with van der Waals surface area (Å²) in [5.74, 6) is 0.832. The highest BCUT2D eigenvalue weighted by Crippen LogP contribution is 2.47. The largest absolute Gasteiger partial charge is 0.447 e. The first-order valence-corrected chi connectivity index (χ1v) is 12.7. The van der Waals surface area contributed by atoms with Gasteiger partial charge in [0, 0.05) is 30.6 Å². The van der Waals surface area contributed by atoms with E-state index in [0.29, 0.717) is 12.5 Å². The lowest BCUT2D eigenvalue weighted by Gasteiger charge is -2.50. The Labute approximate surface area is 197 Å². The number of cyclic esters (lactones) is 1. The molecule has 1 aliphatic carbocycles. The molecule has 6 heteroatoms. The van der Waals surface area contributed by atoms with Crippen LogP contribution in [0.5, 0.6) is 0 Å². The fraction of sp³-hybridized carbons (Fsp3) is 0.692. The zero-order chi connectivity index (χ0) is 22.7. The number of carbonyl (C=O) groups is 2. The van der Waals surface area contributed by atoms with E-state index in [1.54, 1.807) is 0 Å². The van der Waals surface area contributed by atoms with Crippen molar-refractivity contribution >= 4 is 23.6 Å². The zero-order valence-electron chi connectivity index (χ0n) is 19.5. The summed E-state index contributed by atoms with van der Waals surface area (Å²) >= 11 is 5.99. The number of hydrogen-bond donors (Lipinski definition) is 0. The van der Waals surface area contributed by atoms with Gasteiger partial charge in [0.25, 0.3) is 0 Å². The minimum absolute atomic E-state index is 0.0491. The molecule has 3 fully saturated rings. The Kier molecular flexibility index (Phi) is 7.34. The molecule has 2 atom stereocenters. The highest BCUT2D eigenvalue weighted by atomic mass is 35.5. The van der Waals surface area contributed by atoms with Gasteiger partial charge in [0.05, 0.1) is 6.04 Å². The Morgan fingerprint density at radius 2 is 1.81 bits per heavy atom. The number of benzene rings is 1. The molecule has 1 aromatic carbocycles. The molecule has 0 unspecified atom stereocenters. The Hall–Kier alpha value is -1.75. The molecular formula is C26H37ClN2O3. The second kappa shape index (κ2) is 10.0. The number of rotatable bonds is 6. The van der Waals surface area contributed by atoms with Crippen LogP contribution in [0.2, 0.25) is 5.02 Å². The van der Waals surface area contributed by atoms with Gasteiger partial charge in [-0.05, 0) is 68.1 Å². The van der Waals surface area contributed by atoms with Crippen molar-refractivity contribution in [3.8, 4) is 0 Å². The lowest BCUT2D eigenvalue weighted by molar-refractivity contribution is -0.138. The molecule has 0 N–H and O–H groups in total. The number of halogens is 1. The van der Waals surface area contributed by atoms with Crippen LogP contribution in [0, 0.1) is 17.3 Å². The predicted molar refractivity (Wildman–Crippen MR) is 127 cm³/mol. The molecule has 3 aliphatic rings. The quantitative estimate of drug-likeness (QED) is 0.559.